The van der Waals surface area contributed by atoms with Gasteiger partial charge >= 0.3 is 41.5 Å². The first-order valence-corrected chi connectivity index (χ1v) is 35.4. The van der Waals surface area contributed by atoms with Gasteiger partial charge in [0.15, 0.2) is 0 Å². The number of ether oxygens (including phenoxy) is 2. The number of anilines is 2. The van der Waals surface area contributed by atoms with Crippen molar-refractivity contribution in [2.24, 2.45) is 0 Å². The predicted molar refractivity (Wildman–Crippen MR) is 413 cm³/mol. The van der Waals surface area contributed by atoms with E-state index in [1.807, 2.05) is 78.9 Å². The second kappa shape index (κ2) is 44.8. The van der Waals surface area contributed by atoms with Crippen molar-refractivity contribution in [2.75, 3.05) is 109 Å². The molecule has 11 aromatic rings. The number of nitrogens with zero attached hydrogens (tertiary/aromatic N) is 8. The van der Waals surface area contributed by atoms with Crippen LogP contribution < -0.4 is 51.1 Å². The fourth-order valence-electron chi connectivity index (χ4n) is 11.7. The number of rotatable bonds is 14. The zero-order valence-electron chi connectivity index (χ0n) is 60.3. The minimum absolute atomic E-state index is 0. The summed E-state index contributed by atoms with van der Waals surface area (Å²) in [7, 11) is 8.67. The number of hydrogen-bond donors (Lipinski definition) is 4. The smallest absolute Gasteiger partial charge is 0.793 e. The van der Waals surface area contributed by atoms with E-state index in [0.717, 1.165) is 184 Å². The third kappa shape index (κ3) is 25.5. The van der Waals surface area contributed by atoms with Gasteiger partial charge in [-0.1, -0.05) is 147 Å². The standard InChI is InChI=1S/C29H33N5O2.C24H21N3O3.C12H8N2O2.C5H12N2.C4H6O4.C2H3BO2.CH2Cl2.CH4.Na/c1-33-13-15-34(16-14-33)19-21-9-11-23(12-10-21)27-25(22-6-3-2-4-7-22)26-28(31-20-32-29(26)36-27)30-18-24-8-5-17-35-24;28-14-16-8-10-18(11-9-16)22-20(17-5-2-1-3-6-17)21-23(26-15-27-24(21)30-22)25-13-19-7-4-12-29-19;15-11-10-9(8-4-2-1-3-5-8)6-16-12(10)14-7-13-11;1-7-4-2-6-3-5-7;1-3(5)7-8-4(2)6;1-2(4)5-3;2-1-3;;/h2-4,6-7,9-12,20,24H,5,8,13-19H2,1H3,(H,30,31,32);1-3,5-6,8-11,14-15,19H,4,7,12-13H2,(H,25,26,27);1-7H,(H,13,14,15);6H,2-5H2,1H3;1-2H3;1H3;1H2;1H4;/q;;;;;-1;;;+1/t24-;19-;;;;;;;/m00......./s1. The van der Waals surface area contributed by atoms with Crippen molar-refractivity contribution < 1.29 is 85.9 Å². The summed E-state index contributed by atoms with van der Waals surface area (Å²) in [5.74, 6) is 1.30. The fourth-order valence-corrected chi connectivity index (χ4v) is 11.7. The fraction of sp³-hybridized carbons (Fsp3) is 0.333. The molecule has 10 heterocycles. The van der Waals surface area contributed by atoms with Crippen LogP contribution in [0.1, 0.15) is 69.8 Å². The van der Waals surface area contributed by atoms with E-state index in [9.17, 15) is 24.0 Å². The van der Waals surface area contributed by atoms with Crippen LogP contribution in [-0.2, 0) is 44.8 Å². The number of H-pyrrole nitrogens is 1. The van der Waals surface area contributed by atoms with Gasteiger partial charge in [-0.25, -0.2) is 44.3 Å². The van der Waals surface area contributed by atoms with Crippen LogP contribution in [0.3, 0.4) is 0 Å². The van der Waals surface area contributed by atoms with Crippen LogP contribution in [0.4, 0.5) is 11.6 Å². The Kier molecular flexibility index (Phi) is 35.7. The van der Waals surface area contributed by atoms with E-state index in [0.29, 0.717) is 40.4 Å². The Morgan fingerprint density at radius 1 is 0.589 bits per heavy atom. The molecule has 0 unspecified atom stereocenters. The van der Waals surface area contributed by atoms with E-state index in [1.54, 1.807) is 24.7 Å². The number of benzene rings is 5. The predicted octanol–water partition coefficient (Wildman–Crippen LogP) is 10.3. The maximum Gasteiger partial charge on any atom is 1.00 e. The maximum atomic E-state index is 11.7. The molecule has 15 rings (SSSR count). The number of aromatic nitrogens is 6. The number of nitrogens with one attached hydrogen (secondary N) is 4. The van der Waals surface area contributed by atoms with Crippen molar-refractivity contribution in [1.29, 1.82) is 0 Å². The normalized spacial score (nSPS) is 15.3. The average molecular weight is 1510 g/mol. The van der Waals surface area contributed by atoms with E-state index in [1.165, 1.54) is 38.2 Å². The third-order valence-corrected chi connectivity index (χ3v) is 16.9. The van der Waals surface area contributed by atoms with Gasteiger partial charge < -0.3 is 66.2 Å². The minimum atomic E-state index is -0.639. The molecule has 557 valence electrons. The van der Waals surface area contributed by atoms with E-state index >= 15 is 0 Å². The van der Waals surface area contributed by atoms with Gasteiger partial charge in [-0.15, -0.1) is 23.2 Å². The molecule has 0 bridgehead atoms. The van der Waals surface area contributed by atoms with Gasteiger partial charge in [0.2, 0.25) is 23.1 Å². The molecule has 6 aromatic heterocycles. The average Bonchev–Trinajstić information content (AvgIpc) is 1.62. The molecule has 0 spiro atoms. The van der Waals surface area contributed by atoms with Crippen molar-refractivity contribution in [3.05, 3.63) is 186 Å². The Labute approximate surface area is 655 Å². The Balaban J connectivity index is 0.000000200. The molecule has 4 N–H and O–H groups in total. The molecule has 4 aliphatic heterocycles. The van der Waals surface area contributed by atoms with Crippen LogP contribution in [-0.4, -0.2) is 187 Å². The summed E-state index contributed by atoms with van der Waals surface area (Å²) in [5, 5.41) is 12.7. The zero-order chi connectivity index (χ0) is 74.3. The Hall–Kier alpha value is -9.16. The number of carbonyl (C=O) groups excluding carboxylic acids is 4. The Bertz CT molecular complexity index is 4540. The first kappa shape index (κ1) is 85.1. The summed E-state index contributed by atoms with van der Waals surface area (Å²) in [6, 6.07) is 46.2. The van der Waals surface area contributed by atoms with E-state index in [-0.39, 0.29) is 60.1 Å². The summed E-state index contributed by atoms with van der Waals surface area (Å²) in [5.41, 5.74) is 10.9. The third-order valence-electron chi connectivity index (χ3n) is 16.9. The number of piperazine rings is 2. The molecular formula is C78H89BCl2N12NaO13. The maximum absolute atomic E-state index is 11.7. The first-order chi connectivity index (χ1) is 51.1. The van der Waals surface area contributed by atoms with E-state index in [2.05, 4.69) is 146 Å². The van der Waals surface area contributed by atoms with E-state index < -0.39 is 17.9 Å². The van der Waals surface area contributed by atoms with Gasteiger partial charge in [0.05, 0.1) is 34.6 Å². The van der Waals surface area contributed by atoms with Crippen LogP contribution in [0.25, 0.3) is 89.3 Å². The molecule has 29 heteroatoms. The second-order valence-corrected chi connectivity index (χ2v) is 25.3. The summed E-state index contributed by atoms with van der Waals surface area (Å²) in [6.07, 6.45) is 11.5. The van der Waals surface area contributed by atoms with Gasteiger partial charge in [0.25, 0.3) is 5.56 Å². The van der Waals surface area contributed by atoms with Crippen molar-refractivity contribution in [2.45, 2.75) is 72.6 Å². The largest absolute Gasteiger partial charge is 1.00 e. The zero-order valence-corrected chi connectivity index (χ0v) is 63.8. The minimum Gasteiger partial charge on any atom is -0.793 e. The molecule has 0 amide bonds. The SMILES string of the molecule is C.CC(=O)OOC(C)=O.CN1CCN(Cc2ccc(-c3oc4ncnc(NC[C@@H]5CCCO5)c4c3-c3ccccc3)cc2)CC1.CN1CCNCC1.ClCCl.O=Cc1ccc(-c2oc3ncnc(NC[C@@H]4CCCO4)c3c2-c2ccccc2)cc1.O=c1[nH]cnc2occ(-c3ccccc3)c12.[B-]OC(C)=O.[Na+]. The molecule has 0 saturated carbocycles. The molecule has 3 radical (unpaired) electrons. The number of likely N-dealkylation sites (N-methyl/N-ethyl adjacent to an activating group) is 2. The summed E-state index contributed by atoms with van der Waals surface area (Å²) >= 11 is 9.53. The molecule has 107 heavy (non-hydrogen) atoms. The van der Waals surface area contributed by atoms with Crippen LogP contribution in [0.15, 0.2) is 183 Å². The first-order valence-electron chi connectivity index (χ1n) is 34.3. The van der Waals surface area contributed by atoms with Crippen molar-refractivity contribution in [3.63, 3.8) is 0 Å². The molecule has 4 fully saturated rings. The number of furan rings is 3. The number of carbonyl (C=O) groups is 4. The van der Waals surface area contributed by atoms with Crippen molar-refractivity contribution >= 4 is 100 Å². The number of aromatic amines is 1. The number of aldehydes is 1. The number of hydrogen-bond acceptors (Lipinski definition) is 24. The molecule has 0 aliphatic carbocycles. The van der Waals surface area contributed by atoms with Gasteiger partial charge in [0, 0.05) is 139 Å². The van der Waals surface area contributed by atoms with Crippen LogP contribution in [0.5, 0.6) is 0 Å². The number of fused-ring (bicyclic) bond motifs is 3. The molecule has 5 aromatic carbocycles. The van der Waals surface area contributed by atoms with Gasteiger partial charge in [-0.05, 0) is 62.0 Å². The Morgan fingerprint density at radius 2 is 1.04 bits per heavy atom. The van der Waals surface area contributed by atoms with Crippen LogP contribution >= 0.6 is 23.2 Å². The monoisotopic (exact) mass is 1510 g/mol. The van der Waals surface area contributed by atoms with Gasteiger partial charge in [-0.2, -0.15) is 0 Å². The summed E-state index contributed by atoms with van der Waals surface area (Å²) in [6.45, 7) is 16.8. The second-order valence-electron chi connectivity index (χ2n) is 24.5. The molecule has 25 nitrogen and oxygen atoms in total. The van der Waals surface area contributed by atoms with Crippen molar-refractivity contribution in [3.8, 4) is 56.0 Å². The molecule has 4 aliphatic rings. The summed E-state index contributed by atoms with van der Waals surface area (Å²) < 4.78 is 33.0. The van der Waals surface area contributed by atoms with E-state index in [4.69, 9.17) is 45.9 Å². The molecule has 4 saturated heterocycles. The quantitative estimate of drug-likeness (QED) is 0.0259. The molecular weight excluding hydrogens is 1420 g/mol. The van der Waals surface area contributed by atoms with Gasteiger partial charge in [0.1, 0.15) is 53.7 Å². The molecule has 2 atom stereocenters. The Morgan fingerprint density at radius 3 is 1.45 bits per heavy atom. The van der Waals surface area contributed by atoms with Gasteiger partial charge in [-0.3, -0.25) is 19.3 Å². The number of alkyl halides is 2. The van der Waals surface area contributed by atoms with Crippen molar-refractivity contribution in [1.82, 2.24) is 49.9 Å². The summed E-state index contributed by atoms with van der Waals surface area (Å²) in [4.78, 5) is 91.2. The van der Waals surface area contributed by atoms with Crippen LogP contribution in [0, 0.1) is 0 Å². The topological polar surface area (TPSA) is 297 Å². The van der Waals surface area contributed by atoms with Crippen LogP contribution in [0.2, 0.25) is 0 Å². The number of halogens is 2.